The van der Waals surface area contributed by atoms with Gasteiger partial charge < -0.3 is 9.84 Å². The molecule has 0 bridgehead atoms. The molecular formula is C16H16O3. The van der Waals surface area contributed by atoms with E-state index in [2.05, 4.69) is 0 Å². The molecule has 2 rings (SSSR count). The summed E-state index contributed by atoms with van der Waals surface area (Å²) in [6.07, 6.45) is 0. The lowest BCUT2D eigenvalue weighted by molar-refractivity contribution is 0.103. The molecule has 19 heavy (non-hydrogen) atoms. The Labute approximate surface area is 112 Å². The van der Waals surface area contributed by atoms with Crippen molar-refractivity contribution in [3.63, 3.8) is 0 Å². The van der Waals surface area contributed by atoms with Crippen molar-refractivity contribution < 1.29 is 14.6 Å². The topological polar surface area (TPSA) is 46.5 Å². The average molecular weight is 256 g/mol. The SMILES string of the molecule is Cc1cc(OCCO)ccc1C(=O)c1ccccc1. The van der Waals surface area contributed by atoms with E-state index in [4.69, 9.17) is 9.84 Å². The van der Waals surface area contributed by atoms with Gasteiger partial charge in [0.15, 0.2) is 5.78 Å². The largest absolute Gasteiger partial charge is 0.491 e. The number of ether oxygens (including phenoxy) is 1. The van der Waals surface area contributed by atoms with E-state index in [1.54, 1.807) is 24.3 Å². The van der Waals surface area contributed by atoms with E-state index in [-0.39, 0.29) is 19.0 Å². The van der Waals surface area contributed by atoms with Crippen LogP contribution in [0.15, 0.2) is 48.5 Å². The van der Waals surface area contributed by atoms with Crippen molar-refractivity contribution in [1.82, 2.24) is 0 Å². The van der Waals surface area contributed by atoms with Crippen LogP contribution in [0.25, 0.3) is 0 Å². The van der Waals surface area contributed by atoms with Crippen LogP contribution in [0, 0.1) is 6.92 Å². The number of carbonyl (C=O) groups is 1. The fourth-order valence-electron chi connectivity index (χ4n) is 1.89. The molecule has 0 aromatic heterocycles. The quantitative estimate of drug-likeness (QED) is 0.836. The Balaban J connectivity index is 2.24. The van der Waals surface area contributed by atoms with Gasteiger partial charge in [-0.25, -0.2) is 0 Å². The molecule has 0 spiro atoms. The molecule has 0 fully saturated rings. The van der Waals surface area contributed by atoms with Gasteiger partial charge in [0.1, 0.15) is 12.4 Å². The monoisotopic (exact) mass is 256 g/mol. The molecule has 0 saturated heterocycles. The number of benzene rings is 2. The Morgan fingerprint density at radius 3 is 2.53 bits per heavy atom. The second-order valence-electron chi connectivity index (χ2n) is 4.24. The van der Waals surface area contributed by atoms with E-state index >= 15 is 0 Å². The van der Waals surface area contributed by atoms with Gasteiger partial charge in [0.25, 0.3) is 0 Å². The molecule has 0 unspecified atom stereocenters. The van der Waals surface area contributed by atoms with Crippen molar-refractivity contribution in [3.05, 3.63) is 65.2 Å². The van der Waals surface area contributed by atoms with Crippen molar-refractivity contribution >= 4 is 5.78 Å². The molecule has 0 heterocycles. The number of aliphatic hydroxyl groups is 1. The van der Waals surface area contributed by atoms with Gasteiger partial charge in [0.2, 0.25) is 0 Å². The van der Waals surface area contributed by atoms with E-state index in [1.807, 2.05) is 31.2 Å². The Bertz CT molecular complexity index is 561. The Morgan fingerprint density at radius 2 is 1.89 bits per heavy atom. The van der Waals surface area contributed by atoms with Gasteiger partial charge in [-0.3, -0.25) is 4.79 Å². The minimum absolute atomic E-state index is 0.00630. The summed E-state index contributed by atoms with van der Waals surface area (Å²) in [4.78, 5) is 12.3. The van der Waals surface area contributed by atoms with Gasteiger partial charge in [-0.15, -0.1) is 0 Å². The first-order chi connectivity index (χ1) is 9.22. The van der Waals surface area contributed by atoms with E-state index in [9.17, 15) is 4.79 Å². The highest BCUT2D eigenvalue weighted by atomic mass is 16.5. The van der Waals surface area contributed by atoms with Crippen LogP contribution in [-0.2, 0) is 0 Å². The van der Waals surface area contributed by atoms with Crippen molar-refractivity contribution in [3.8, 4) is 5.75 Å². The van der Waals surface area contributed by atoms with Crippen molar-refractivity contribution in [2.45, 2.75) is 6.92 Å². The highest BCUT2D eigenvalue weighted by molar-refractivity contribution is 6.09. The molecule has 0 amide bonds. The molecule has 0 aliphatic heterocycles. The lowest BCUT2D eigenvalue weighted by Gasteiger charge is -2.09. The fraction of sp³-hybridized carbons (Fsp3) is 0.188. The minimum atomic E-state index is -0.0241. The first-order valence-electron chi connectivity index (χ1n) is 6.16. The minimum Gasteiger partial charge on any atom is -0.491 e. The number of aryl methyl sites for hydroxylation is 1. The highest BCUT2D eigenvalue weighted by Crippen LogP contribution is 2.20. The maximum Gasteiger partial charge on any atom is 0.193 e. The zero-order valence-corrected chi connectivity index (χ0v) is 10.8. The Kier molecular flexibility index (Phi) is 4.31. The lowest BCUT2D eigenvalue weighted by Crippen LogP contribution is -2.05. The van der Waals surface area contributed by atoms with Crippen LogP contribution >= 0.6 is 0 Å². The van der Waals surface area contributed by atoms with Gasteiger partial charge in [-0.05, 0) is 30.7 Å². The first-order valence-corrected chi connectivity index (χ1v) is 6.16. The van der Waals surface area contributed by atoms with Crippen LogP contribution in [0.3, 0.4) is 0 Å². The molecule has 0 saturated carbocycles. The van der Waals surface area contributed by atoms with Crippen molar-refractivity contribution in [2.75, 3.05) is 13.2 Å². The van der Waals surface area contributed by atoms with Crippen LogP contribution in [0.1, 0.15) is 21.5 Å². The molecule has 3 heteroatoms. The highest BCUT2D eigenvalue weighted by Gasteiger charge is 2.11. The van der Waals surface area contributed by atoms with Gasteiger partial charge in [0, 0.05) is 11.1 Å². The molecule has 1 N–H and O–H groups in total. The predicted octanol–water partition coefficient (Wildman–Crippen LogP) is 2.60. The normalized spacial score (nSPS) is 10.2. The third kappa shape index (κ3) is 3.20. The maximum atomic E-state index is 12.3. The summed E-state index contributed by atoms with van der Waals surface area (Å²) in [5.41, 5.74) is 2.21. The summed E-state index contributed by atoms with van der Waals surface area (Å²) in [6, 6.07) is 14.5. The van der Waals surface area contributed by atoms with E-state index < -0.39 is 0 Å². The van der Waals surface area contributed by atoms with Gasteiger partial charge in [0.05, 0.1) is 6.61 Å². The summed E-state index contributed by atoms with van der Waals surface area (Å²) in [7, 11) is 0. The zero-order valence-electron chi connectivity index (χ0n) is 10.8. The molecule has 3 nitrogen and oxygen atoms in total. The Morgan fingerprint density at radius 1 is 1.16 bits per heavy atom. The van der Waals surface area contributed by atoms with Gasteiger partial charge >= 0.3 is 0 Å². The van der Waals surface area contributed by atoms with Gasteiger partial charge in [-0.2, -0.15) is 0 Å². The van der Waals surface area contributed by atoms with Crippen LogP contribution < -0.4 is 4.74 Å². The third-order valence-corrected chi connectivity index (χ3v) is 2.84. The number of aliphatic hydroxyl groups excluding tert-OH is 1. The molecular weight excluding hydrogens is 240 g/mol. The molecule has 0 radical (unpaired) electrons. The average Bonchev–Trinajstić information content (AvgIpc) is 2.45. The molecule has 2 aromatic rings. The molecule has 98 valence electrons. The summed E-state index contributed by atoms with van der Waals surface area (Å²) in [5, 5.41) is 8.71. The number of rotatable bonds is 5. The summed E-state index contributed by atoms with van der Waals surface area (Å²) < 4.78 is 5.32. The van der Waals surface area contributed by atoms with Crippen LogP contribution in [0.2, 0.25) is 0 Å². The van der Waals surface area contributed by atoms with Crippen molar-refractivity contribution in [2.24, 2.45) is 0 Å². The standard InChI is InChI=1S/C16H16O3/c1-12-11-14(19-10-9-17)7-8-15(12)16(18)13-5-3-2-4-6-13/h2-8,11,17H,9-10H2,1H3. The van der Waals surface area contributed by atoms with E-state index in [0.29, 0.717) is 16.9 Å². The van der Waals surface area contributed by atoms with Crippen LogP contribution in [-0.4, -0.2) is 24.1 Å². The summed E-state index contributed by atoms with van der Waals surface area (Å²) >= 11 is 0. The number of carbonyl (C=O) groups excluding carboxylic acids is 1. The number of hydrogen-bond acceptors (Lipinski definition) is 3. The molecule has 0 atom stereocenters. The second-order valence-corrected chi connectivity index (χ2v) is 4.24. The summed E-state index contributed by atoms with van der Waals surface area (Å²) in [6.45, 7) is 2.11. The Hall–Kier alpha value is -2.13. The van der Waals surface area contributed by atoms with Crippen LogP contribution in [0.4, 0.5) is 0 Å². The van der Waals surface area contributed by atoms with Crippen molar-refractivity contribution in [1.29, 1.82) is 0 Å². The molecule has 2 aromatic carbocycles. The molecule has 0 aliphatic carbocycles. The van der Waals surface area contributed by atoms with E-state index in [1.165, 1.54) is 0 Å². The summed E-state index contributed by atoms with van der Waals surface area (Å²) in [5.74, 6) is 0.669. The number of hydrogen-bond donors (Lipinski definition) is 1. The van der Waals surface area contributed by atoms with E-state index in [0.717, 1.165) is 5.56 Å². The smallest absolute Gasteiger partial charge is 0.193 e. The zero-order chi connectivity index (χ0) is 13.7. The van der Waals surface area contributed by atoms with Gasteiger partial charge in [-0.1, -0.05) is 30.3 Å². The third-order valence-electron chi connectivity index (χ3n) is 2.84. The predicted molar refractivity (Wildman–Crippen MR) is 73.6 cm³/mol. The number of ketones is 1. The first kappa shape index (κ1) is 13.3. The fourth-order valence-corrected chi connectivity index (χ4v) is 1.89. The maximum absolute atomic E-state index is 12.3. The molecule has 0 aliphatic rings. The lowest BCUT2D eigenvalue weighted by atomic mass is 9.99. The second kappa shape index (κ2) is 6.16. The van der Waals surface area contributed by atoms with Crippen LogP contribution in [0.5, 0.6) is 5.75 Å².